The van der Waals surface area contributed by atoms with E-state index in [1.807, 2.05) is 72.8 Å². The lowest BCUT2D eigenvalue weighted by Gasteiger charge is -2.44. The van der Waals surface area contributed by atoms with E-state index in [1.54, 1.807) is 77.8 Å². The fraction of sp³-hybridized carbons (Fsp3) is 0.396. The maximum atomic E-state index is 15.2. The van der Waals surface area contributed by atoms with Gasteiger partial charge in [-0.3, -0.25) is 19.2 Å². The summed E-state index contributed by atoms with van der Waals surface area (Å²) in [6.07, 6.45) is -1.96. The number of likely N-dealkylation sites (N-methyl/N-ethyl adjacent to an activating group) is 1. The number of hydrazine groups is 1. The second-order valence-corrected chi connectivity index (χ2v) is 17.5. The van der Waals surface area contributed by atoms with Crippen LogP contribution in [0.4, 0.5) is 4.79 Å². The topological polar surface area (TPSA) is 170 Å². The number of carbonyl (C=O) groups excluding carboxylic acids is 3. The molecule has 0 fully saturated rings. The van der Waals surface area contributed by atoms with Gasteiger partial charge in [0.1, 0.15) is 17.2 Å². The molecule has 1 aromatic heterocycles. The summed E-state index contributed by atoms with van der Waals surface area (Å²) >= 11 is 0. The molecule has 5 aromatic rings. The van der Waals surface area contributed by atoms with Crippen molar-refractivity contribution in [3.8, 4) is 0 Å². The van der Waals surface area contributed by atoms with Crippen molar-refractivity contribution >= 4 is 51.6 Å². The van der Waals surface area contributed by atoms with Gasteiger partial charge in [-0.15, -0.1) is 0 Å². The molecule has 2 amide bonds. The first-order valence-corrected chi connectivity index (χ1v) is 20.5. The molecule has 0 bridgehead atoms. The Morgan fingerprint density at radius 2 is 1.36 bits per heavy atom. The van der Waals surface area contributed by atoms with Gasteiger partial charge in [0.05, 0.1) is 24.8 Å². The molecule has 0 spiro atoms. The van der Waals surface area contributed by atoms with Crippen LogP contribution in [0.15, 0.2) is 97.1 Å². The average molecular weight is 835 g/mol. The number of fused-ring (bicyclic) bond motifs is 2. The van der Waals surface area contributed by atoms with E-state index in [1.165, 1.54) is 16.9 Å². The minimum absolute atomic E-state index is 0.0462. The molecular weight excluding hydrogens is 777 g/mol. The maximum absolute atomic E-state index is 15.2. The smallest absolute Gasteiger partial charge is 0.425 e. The van der Waals surface area contributed by atoms with E-state index in [4.69, 9.17) is 9.47 Å². The zero-order valence-electron chi connectivity index (χ0n) is 36.3. The van der Waals surface area contributed by atoms with Gasteiger partial charge in [-0.1, -0.05) is 91.0 Å². The highest BCUT2D eigenvalue weighted by Gasteiger charge is 2.42. The van der Waals surface area contributed by atoms with Crippen LogP contribution < -0.4 is 0 Å². The summed E-state index contributed by atoms with van der Waals surface area (Å²) in [5.74, 6) is -4.39. The largest absolute Gasteiger partial charge is 0.481 e. The zero-order valence-corrected chi connectivity index (χ0v) is 36.3. The number of ether oxygens (including phenoxy) is 2. The van der Waals surface area contributed by atoms with Crippen molar-refractivity contribution in [1.29, 1.82) is 0 Å². The quantitative estimate of drug-likeness (QED) is 0.0611. The van der Waals surface area contributed by atoms with Crippen molar-refractivity contribution < 1.29 is 43.7 Å². The van der Waals surface area contributed by atoms with Crippen LogP contribution in [0.1, 0.15) is 89.6 Å². The molecule has 324 valence electrons. The average Bonchev–Trinajstić information content (AvgIpc) is 3.54. The summed E-state index contributed by atoms with van der Waals surface area (Å²) in [5, 5.41) is 26.0. The second-order valence-electron chi connectivity index (χ2n) is 17.5. The van der Waals surface area contributed by atoms with Crippen LogP contribution in [0.2, 0.25) is 0 Å². The van der Waals surface area contributed by atoms with Crippen molar-refractivity contribution in [3.63, 3.8) is 0 Å². The number of carboxylic acids is 2. The molecule has 3 N–H and O–H groups in total. The van der Waals surface area contributed by atoms with Gasteiger partial charge < -0.3 is 29.6 Å². The monoisotopic (exact) mass is 834 g/mol. The predicted molar refractivity (Wildman–Crippen MR) is 234 cm³/mol. The molecule has 0 aliphatic heterocycles. The van der Waals surface area contributed by atoms with Gasteiger partial charge in [-0.25, -0.2) is 14.8 Å². The van der Waals surface area contributed by atoms with Gasteiger partial charge >= 0.3 is 24.0 Å². The minimum Gasteiger partial charge on any atom is -0.481 e. The van der Waals surface area contributed by atoms with E-state index in [9.17, 15) is 29.4 Å². The third-order valence-electron chi connectivity index (χ3n) is 10.2. The van der Waals surface area contributed by atoms with Gasteiger partial charge in [-0.05, 0) is 94.8 Å². The summed E-state index contributed by atoms with van der Waals surface area (Å²) in [6, 6.07) is 27.8. The third-order valence-corrected chi connectivity index (χ3v) is 10.2. The Labute approximate surface area is 357 Å². The Morgan fingerprint density at radius 1 is 0.738 bits per heavy atom. The molecule has 0 aliphatic rings. The predicted octanol–water partition coefficient (Wildman–Crippen LogP) is 8.35. The first kappa shape index (κ1) is 45.9. The highest BCUT2D eigenvalue weighted by molar-refractivity contribution is 5.88. The number of H-pyrrole nitrogens is 1. The fourth-order valence-electron chi connectivity index (χ4n) is 7.50. The Morgan fingerprint density at radius 3 is 2.00 bits per heavy atom. The molecule has 1 heterocycles. The lowest BCUT2D eigenvalue weighted by atomic mass is 9.94. The normalized spacial score (nSPS) is 13.4. The van der Waals surface area contributed by atoms with Gasteiger partial charge in [-0.2, -0.15) is 0 Å². The number of para-hydroxylation sites is 1. The molecule has 0 radical (unpaired) electrons. The standard InChI is InChI=1S/C48H58N4O9/c1-31(45(57)58)43-38(37-20-14-15-21-39(37)49-43)28-36(29-41(53)54)52(46(59)61-48(5,6)7)51(25-24-42(55)60-47(2,3)4)40(44(56)50(8)30-32-16-10-9-11-17-32)27-33-22-23-34-18-12-13-19-35(34)26-33/h9-23,26,31,36,40,49H,24-25,27-30H2,1-8H3,(H,53,54)(H,57,58)/t31?,36-,40-/m0/s1. The van der Waals surface area contributed by atoms with E-state index in [2.05, 4.69) is 4.98 Å². The van der Waals surface area contributed by atoms with Gasteiger partial charge in [0.15, 0.2) is 0 Å². The van der Waals surface area contributed by atoms with Crippen LogP contribution >= 0.6 is 0 Å². The molecular formula is C48H58N4O9. The summed E-state index contributed by atoms with van der Waals surface area (Å²) in [6.45, 7) is 11.7. The molecule has 0 saturated carbocycles. The lowest BCUT2D eigenvalue weighted by Crippen LogP contribution is -2.62. The summed E-state index contributed by atoms with van der Waals surface area (Å²) in [5.41, 5.74) is 1.16. The van der Waals surface area contributed by atoms with Gasteiger partial charge in [0, 0.05) is 36.7 Å². The zero-order chi connectivity index (χ0) is 44.6. The number of amides is 2. The SMILES string of the molecule is CC(C(=O)O)c1[nH]c2ccccc2c1C[C@@H](CC(=O)O)N(C(=O)OC(C)(C)C)N(CCC(=O)OC(C)(C)C)[C@@H](Cc1ccc2ccccc2c1)C(=O)N(C)Cc1ccccc1. The Hall–Kier alpha value is -6.21. The minimum atomic E-state index is -1.25. The number of carbonyl (C=O) groups is 5. The molecule has 0 saturated heterocycles. The van der Waals surface area contributed by atoms with E-state index < -0.39 is 65.5 Å². The van der Waals surface area contributed by atoms with Crippen molar-refractivity contribution in [2.45, 2.75) is 110 Å². The van der Waals surface area contributed by atoms with Crippen LogP contribution in [0.25, 0.3) is 21.7 Å². The number of aliphatic carboxylic acids is 2. The Bertz CT molecular complexity index is 2340. The molecule has 4 aromatic carbocycles. The number of carboxylic acid groups (broad SMARTS) is 2. The maximum Gasteiger partial charge on any atom is 0.425 e. The number of rotatable bonds is 17. The Kier molecular flexibility index (Phi) is 14.6. The van der Waals surface area contributed by atoms with Gasteiger partial charge in [0.25, 0.3) is 0 Å². The first-order chi connectivity index (χ1) is 28.7. The Balaban J connectivity index is 1.75. The number of hydrogen-bond acceptors (Lipinski definition) is 8. The summed E-state index contributed by atoms with van der Waals surface area (Å²) < 4.78 is 11.8. The third kappa shape index (κ3) is 12.4. The van der Waals surface area contributed by atoms with Crippen LogP contribution in [0.5, 0.6) is 0 Å². The van der Waals surface area contributed by atoms with Crippen molar-refractivity contribution in [1.82, 2.24) is 19.9 Å². The van der Waals surface area contributed by atoms with E-state index in [0.717, 1.165) is 21.9 Å². The van der Waals surface area contributed by atoms with Crippen LogP contribution in [-0.2, 0) is 48.0 Å². The van der Waals surface area contributed by atoms with Crippen molar-refractivity contribution in [2.24, 2.45) is 0 Å². The van der Waals surface area contributed by atoms with Crippen LogP contribution in [-0.4, -0.2) is 96.9 Å². The van der Waals surface area contributed by atoms with E-state index in [0.29, 0.717) is 22.2 Å². The molecule has 13 nitrogen and oxygen atoms in total. The highest BCUT2D eigenvalue weighted by Crippen LogP contribution is 2.33. The number of nitrogens with zero attached hydrogens (tertiary/aromatic N) is 3. The molecule has 3 atom stereocenters. The fourth-order valence-corrected chi connectivity index (χ4v) is 7.50. The van der Waals surface area contributed by atoms with Crippen LogP contribution in [0.3, 0.4) is 0 Å². The number of benzene rings is 4. The number of aromatic amines is 1. The van der Waals surface area contributed by atoms with E-state index >= 15 is 4.79 Å². The van der Waals surface area contributed by atoms with Crippen LogP contribution in [0, 0.1) is 0 Å². The number of aromatic nitrogens is 1. The summed E-state index contributed by atoms with van der Waals surface area (Å²) in [7, 11) is 1.66. The highest BCUT2D eigenvalue weighted by atomic mass is 16.6. The number of esters is 1. The molecule has 0 aliphatic carbocycles. The summed E-state index contributed by atoms with van der Waals surface area (Å²) in [4.78, 5) is 73.9. The molecule has 5 rings (SSSR count). The van der Waals surface area contributed by atoms with Crippen molar-refractivity contribution in [2.75, 3.05) is 13.6 Å². The molecule has 1 unspecified atom stereocenters. The number of nitrogens with one attached hydrogen (secondary N) is 1. The first-order valence-electron chi connectivity index (χ1n) is 20.5. The molecule has 61 heavy (non-hydrogen) atoms. The van der Waals surface area contributed by atoms with E-state index in [-0.39, 0.29) is 32.4 Å². The van der Waals surface area contributed by atoms with Crippen molar-refractivity contribution in [3.05, 3.63) is 119 Å². The van der Waals surface area contributed by atoms with Gasteiger partial charge in [0.2, 0.25) is 5.91 Å². The second kappa shape index (κ2) is 19.4. The molecule has 13 heteroatoms. The number of hydrogen-bond donors (Lipinski definition) is 3. The lowest BCUT2D eigenvalue weighted by molar-refractivity contribution is -0.162.